The fourth-order valence-corrected chi connectivity index (χ4v) is 2.44. The van der Waals surface area contributed by atoms with Gasteiger partial charge >= 0.3 is 30.2 Å². The lowest BCUT2D eigenvalue weighted by Crippen LogP contribution is -2.72. The molecule has 188 valence electrons. The van der Waals surface area contributed by atoms with Crippen LogP contribution in [0.2, 0.25) is 0 Å². The molecule has 15 heteroatoms. The average molecular weight is 487 g/mol. The summed E-state index contributed by atoms with van der Waals surface area (Å²) in [5.41, 5.74) is 0. The molecule has 0 spiro atoms. The predicted molar refractivity (Wildman–Crippen MR) is 85.6 cm³/mol. The number of ether oxygens (including phenoxy) is 3. The summed E-state index contributed by atoms with van der Waals surface area (Å²) in [6.07, 6.45) is -12.0. The van der Waals surface area contributed by atoms with E-state index in [9.17, 15) is 48.3 Å². The number of rotatable bonds is 4. The predicted octanol–water partition coefficient (Wildman–Crippen LogP) is 5.18. The fraction of sp³-hybridized carbons (Fsp3) is 1.00. The second kappa shape index (κ2) is 11.8. The first-order chi connectivity index (χ1) is 13.9. The lowest BCUT2D eigenvalue weighted by molar-refractivity contribution is -0.441. The average Bonchev–Trinajstić information content (AvgIpc) is 2.67. The van der Waals surface area contributed by atoms with E-state index in [4.69, 9.17) is 4.74 Å². The molecule has 0 aromatic heterocycles. The quantitative estimate of drug-likeness (QED) is 0.404. The Bertz CT molecular complexity index is 487. The number of nitrogens with zero attached hydrogens (tertiary/aromatic N) is 1. The van der Waals surface area contributed by atoms with Crippen LogP contribution in [0.5, 0.6) is 0 Å². The molecular formula is C16H24F11NO3. The van der Waals surface area contributed by atoms with Crippen LogP contribution in [0.1, 0.15) is 26.2 Å². The van der Waals surface area contributed by atoms with Crippen LogP contribution in [0, 0.1) is 0 Å². The van der Waals surface area contributed by atoms with Crippen LogP contribution in [-0.2, 0) is 14.2 Å². The molecule has 2 aliphatic rings. The van der Waals surface area contributed by atoms with E-state index in [2.05, 4.69) is 9.47 Å². The maximum absolute atomic E-state index is 14.1. The van der Waals surface area contributed by atoms with Crippen LogP contribution >= 0.6 is 0 Å². The summed E-state index contributed by atoms with van der Waals surface area (Å²) in [5.74, 6) is -11.7. The Morgan fingerprint density at radius 3 is 1.32 bits per heavy atom. The van der Waals surface area contributed by atoms with Crippen molar-refractivity contribution in [2.75, 3.05) is 46.6 Å². The van der Waals surface area contributed by atoms with Gasteiger partial charge in [-0.25, -0.2) is 4.39 Å². The molecule has 1 atom stereocenters. The Balaban J connectivity index is 0.000000664. The first kappa shape index (κ1) is 30.1. The van der Waals surface area contributed by atoms with E-state index in [1.807, 2.05) is 0 Å². The highest BCUT2D eigenvalue weighted by Crippen LogP contribution is 2.54. The molecule has 31 heavy (non-hydrogen) atoms. The van der Waals surface area contributed by atoms with Crippen molar-refractivity contribution >= 4 is 0 Å². The van der Waals surface area contributed by atoms with E-state index >= 15 is 0 Å². The number of morpholine rings is 1. The van der Waals surface area contributed by atoms with Gasteiger partial charge in [-0.2, -0.15) is 43.9 Å². The van der Waals surface area contributed by atoms with Gasteiger partial charge < -0.3 is 14.2 Å². The van der Waals surface area contributed by atoms with Crippen LogP contribution in [-0.4, -0.2) is 81.7 Å². The van der Waals surface area contributed by atoms with E-state index in [0.717, 1.165) is 13.2 Å². The van der Waals surface area contributed by atoms with Crippen LogP contribution < -0.4 is 0 Å². The first-order valence-corrected chi connectivity index (χ1v) is 8.95. The minimum absolute atomic E-state index is 0.0595. The third kappa shape index (κ3) is 8.85. The Labute approximate surface area is 171 Å². The molecule has 4 nitrogen and oxygen atoms in total. The highest BCUT2D eigenvalue weighted by Gasteiger charge is 2.83. The van der Waals surface area contributed by atoms with Gasteiger partial charge in [-0.15, -0.1) is 0 Å². The minimum Gasteiger partial charge on any atom is -0.381 e. The van der Waals surface area contributed by atoms with Gasteiger partial charge in [0.25, 0.3) is 0 Å². The Kier molecular flexibility index (Phi) is 11.4. The van der Waals surface area contributed by atoms with Crippen LogP contribution in [0.15, 0.2) is 0 Å². The number of hydrogen-bond donors (Lipinski definition) is 0. The third-order valence-electron chi connectivity index (χ3n) is 3.94. The van der Waals surface area contributed by atoms with Gasteiger partial charge in [-0.3, -0.25) is 4.90 Å². The zero-order chi connectivity index (χ0) is 24.6. The molecule has 2 rings (SSSR count). The smallest absolute Gasteiger partial charge is 0.381 e. The van der Waals surface area contributed by atoms with Gasteiger partial charge in [0.2, 0.25) is 0 Å². The molecule has 0 amide bonds. The molecule has 0 bridgehead atoms. The summed E-state index contributed by atoms with van der Waals surface area (Å²) < 4.78 is 149. The SMILES string of the molecule is C1CCOCC1.CC(F)(F)F.COC(F)(F)C(F)(F)C(F)(N1CCOCC1)C(F)(F)F. The van der Waals surface area contributed by atoms with Crippen molar-refractivity contribution in [3.8, 4) is 0 Å². The number of alkyl halides is 11. The molecule has 0 saturated carbocycles. The maximum Gasteiger partial charge on any atom is 0.443 e. The third-order valence-corrected chi connectivity index (χ3v) is 3.94. The van der Waals surface area contributed by atoms with E-state index in [1.54, 1.807) is 0 Å². The van der Waals surface area contributed by atoms with Crippen molar-refractivity contribution in [2.45, 2.75) is 56.4 Å². The first-order valence-electron chi connectivity index (χ1n) is 8.95. The molecule has 0 N–H and O–H groups in total. The topological polar surface area (TPSA) is 30.9 Å². The lowest BCUT2D eigenvalue weighted by atomic mass is 10.0. The number of hydrogen-bond acceptors (Lipinski definition) is 4. The highest BCUT2D eigenvalue weighted by atomic mass is 19.4. The summed E-state index contributed by atoms with van der Waals surface area (Å²) in [4.78, 5) is -0.413. The normalized spacial score (nSPS) is 21.2. The number of methoxy groups -OCH3 is 1. The molecule has 2 heterocycles. The van der Waals surface area contributed by atoms with Crippen molar-refractivity contribution in [3.63, 3.8) is 0 Å². The van der Waals surface area contributed by atoms with Crippen LogP contribution in [0.4, 0.5) is 48.3 Å². The maximum atomic E-state index is 14.1. The van der Waals surface area contributed by atoms with Gasteiger partial charge in [0.1, 0.15) is 0 Å². The summed E-state index contributed by atoms with van der Waals surface area (Å²) in [6, 6.07) is 0. The monoisotopic (exact) mass is 487 g/mol. The fourth-order valence-electron chi connectivity index (χ4n) is 2.44. The summed E-state index contributed by atoms with van der Waals surface area (Å²) >= 11 is 0. The zero-order valence-electron chi connectivity index (χ0n) is 16.7. The second-order valence-corrected chi connectivity index (χ2v) is 6.47. The molecule has 2 saturated heterocycles. The van der Waals surface area contributed by atoms with Gasteiger partial charge in [0.05, 0.1) is 13.2 Å². The molecule has 0 aliphatic carbocycles. The van der Waals surface area contributed by atoms with E-state index in [-0.39, 0.29) is 14.0 Å². The van der Waals surface area contributed by atoms with Crippen LogP contribution in [0.25, 0.3) is 0 Å². The molecule has 0 aromatic carbocycles. The molecule has 0 aromatic rings. The number of halogens is 11. The van der Waals surface area contributed by atoms with Crippen molar-refractivity contribution in [3.05, 3.63) is 0 Å². The molecular weight excluding hydrogens is 463 g/mol. The highest BCUT2D eigenvalue weighted by molar-refractivity contribution is 5.04. The van der Waals surface area contributed by atoms with E-state index < -0.39 is 61.4 Å². The van der Waals surface area contributed by atoms with E-state index in [1.165, 1.54) is 19.3 Å². The van der Waals surface area contributed by atoms with E-state index in [0.29, 0.717) is 0 Å². The summed E-state index contributed by atoms with van der Waals surface area (Å²) in [6.45, 7) is -0.615. The van der Waals surface area contributed by atoms with Gasteiger partial charge in [-0.05, 0) is 19.3 Å². The Morgan fingerprint density at radius 2 is 1.06 bits per heavy atom. The zero-order valence-corrected chi connectivity index (χ0v) is 16.7. The molecule has 2 fully saturated rings. The van der Waals surface area contributed by atoms with Gasteiger partial charge in [0.15, 0.2) is 0 Å². The minimum atomic E-state index is -6.25. The van der Waals surface area contributed by atoms with Crippen molar-refractivity contribution < 1.29 is 62.5 Å². The van der Waals surface area contributed by atoms with Gasteiger partial charge in [0, 0.05) is 40.3 Å². The molecule has 2 aliphatic heterocycles. The Morgan fingerprint density at radius 1 is 0.677 bits per heavy atom. The largest absolute Gasteiger partial charge is 0.443 e. The van der Waals surface area contributed by atoms with Crippen LogP contribution in [0.3, 0.4) is 0 Å². The van der Waals surface area contributed by atoms with Crippen molar-refractivity contribution in [1.82, 2.24) is 4.90 Å². The molecule has 1 unspecified atom stereocenters. The standard InChI is InChI=1S/C9H11F8NO2.C5H10O.C2H3F3/c1-19-9(16,17)6(10,11)7(12,8(13,14)15)18-2-4-20-5-3-18;1-2-4-6-5-3-1;1-2(3,4)5/h2-5H2,1H3;1-5H2;1H3. The second-order valence-electron chi connectivity index (χ2n) is 6.47. The van der Waals surface area contributed by atoms with Crippen molar-refractivity contribution in [1.29, 1.82) is 0 Å². The lowest BCUT2D eigenvalue weighted by Gasteiger charge is -2.45. The van der Waals surface area contributed by atoms with Crippen molar-refractivity contribution in [2.24, 2.45) is 0 Å². The Hall–Kier alpha value is -0.930. The van der Waals surface area contributed by atoms with Gasteiger partial charge in [-0.1, -0.05) is 0 Å². The summed E-state index contributed by atoms with van der Waals surface area (Å²) in [7, 11) is 0.0595. The molecule has 0 radical (unpaired) electrons. The summed E-state index contributed by atoms with van der Waals surface area (Å²) in [5, 5.41) is 0.